The van der Waals surface area contributed by atoms with Crippen molar-refractivity contribution in [1.82, 2.24) is 4.90 Å². The summed E-state index contributed by atoms with van der Waals surface area (Å²) >= 11 is 0. The summed E-state index contributed by atoms with van der Waals surface area (Å²) in [5, 5.41) is 0. The average Bonchev–Trinajstić information content (AvgIpc) is 2.44. The minimum Gasteiger partial charge on any atom is -0.297 e. The molecule has 124 valence electrons. The second kappa shape index (κ2) is 11.5. The van der Waals surface area contributed by atoms with Crippen molar-refractivity contribution in [3.8, 4) is 0 Å². The molecule has 1 atom stereocenters. The van der Waals surface area contributed by atoms with E-state index in [0.717, 1.165) is 0 Å². The molecule has 0 amide bonds. The van der Waals surface area contributed by atoms with Gasteiger partial charge in [0.15, 0.2) is 0 Å². The van der Waals surface area contributed by atoms with Crippen LogP contribution in [0.2, 0.25) is 18.1 Å². The number of likely N-dealkylation sites (tertiary alicyclic amines) is 1. The molecular weight excluding hydrogens is 270 g/mol. The van der Waals surface area contributed by atoms with Gasteiger partial charge in [0.25, 0.3) is 0 Å². The van der Waals surface area contributed by atoms with Crippen LogP contribution in [0.15, 0.2) is 11.6 Å². The zero-order valence-corrected chi connectivity index (χ0v) is 16.3. The van der Waals surface area contributed by atoms with Gasteiger partial charge in [-0.3, -0.25) is 4.90 Å². The largest absolute Gasteiger partial charge is 0.297 e. The molecule has 1 aliphatic heterocycles. The van der Waals surface area contributed by atoms with E-state index < -0.39 is 8.80 Å². The van der Waals surface area contributed by atoms with E-state index in [1.807, 2.05) is 0 Å². The highest BCUT2D eigenvalue weighted by Gasteiger charge is 2.21. The second-order valence-corrected chi connectivity index (χ2v) is 10.3. The molecule has 1 heterocycles. The molecule has 1 unspecified atom stereocenters. The first kappa shape index (κ1) is 19.0. The van der Waals surface area contributed by atoms with Crippen molar-refractivity contribution in [2.45, 2.75) is 96.8 Å². The van der Waals surface area contributed by atoms with E-state index in [9.17, 15) is 0 Å². The molecule has 0 spiro atoms. The Morgan fingerprint density at radius 2 is 1.52 bits per heavy atom. The molecule has 0 aromatic carbocycles. The monoisotopic (exact) mass is 309 g/mol. The molecule has 0 saturated carbocycles. The Morgan fingerprint density at radius 1 is 1.00 bits per heavy atom. The Balaban J connectivity index is 2.59. The smallest absolute Gasteiger partial charge is 0.0409 e. The maximum Gasteiger partial charge on any atom is 0.0409 e. The highest BCUT2D eigenvalue weighted by atomic mass is 28.3. The van der Waals surface area contributed by atoms with E-state index in [4.69, 9.17) is 0 Å². The minimum atomic E-state index is -0.535. The number of hydrogen-bond donors (Lipinski definition) is 0. The van der Waals surface area contributed by atoms with E-state index in [1.165, 1.54) is 76.2 Å². The number of allylic oxidation sites excluding steroid dienone is 1. The summed E-state index contributed by atoms with van der Waals surface area (Å²) in [6.07, 6.45) is 12.4. The fourth-order valence-electron chi connectivity index (χ4n) is 3.92. The third-order valence-electron chi connectivity index (χ3n) is 5.26. The molecule has 0 aromatic rings. The number of rotatable bonds is 8. The third kappa shape index (κ3) is 7.14. The van der Waals surface area contributed by atoms with Gasteiger partial charge in [0.2, 0.25) is 0 Å². The topological polar surface area (TPSA) is 3.24 Å². The molecule has 1 aliphatic rings. The fourth-order valence-corrected chi connectivity index (χ4v) is 7.50. The summed E-state index contributed by atoms with van der Waals surface area (Å²) in [7, 11) is -0.535. The molecule has 0 N–H and O–H groups in total. The Kier molecular flexibility index (Phi) is 10.4. The van der Waals surface area contributed by atoms with Crippen molar-refractivity contribution >= 4 is 8.80 Å². The van der Waals surface area contributed by atoms with Crippen molar-refractivity contribution in [3.05, 3.63) is 11.6 Å². The van der Waals surface area contributed by atoms with E-state index in [-0.39, 0.29) is 0 Å². The molecule has 1 saturated heterocycles. The molecule has 1 fully saturated rings. The van der Waals surface area contributed by atoms with Crippen molar-refractivity contribution in [1.29, 1.82) is 0 Å². The molecule has 21 heavy (non-hydrogen) atoms. The minimum absolute atomic E-state index is 0.535. The Morgan fingerprint density at radius 3 is 2.00 bits per heavy atom. The van der Waals surface area contributed by atoms with Crippen molar-refractivity contribution in [2.24, 2.45) is 0 Å². The number of nitrogens with zero attached hydrogens (tertiary/aromatic N) is 1. The SMILES string of the molecule is CC=C(C[SiH](CCC)CCC)C(C)N1CCCCCCC1. The normalized spacial score (nSPS) is 20.3. The van der Waals surface area contributed by atoms with Gasteiger partial charge in [0.05, 0.1) is 0 Å². The van der Waals surface area contributed by atoms with Crippen LogP contribution in [-0.4, -0.2) is 32.8 Å². The van der Waals surface area contributed by atoms with Crippen LogP contribution < -0.4 is 0 Å². The predicted molar refractivity (Wildman–Crippen MR) is 100 cm³/mol. The Hall–Kier alpha value is -0.0831. The van der Waals surface area contributed by atoms with Crippen molar-refractivity contribution < 1.29 is 0 Å². The van der Waals surface area contributed by atoms with Crippen LogP contribution in [0.3, 0.4) is 0 Å². The van der Waals surface area contributed by atoms with E-state index in [2.05, 4.69) is 38.7 Å². The molecule has 0 aliphatic carbocycles. The van der Waals surface area contributed by atoms with Crippen LogP contribution in [0.1, 0.15) is 72.6 Å². The van der Waals surface area contributed by atoms with Crippen LogP contribution in [0.4, 0.5) is 0 Å². The van der Waals surface area contributed by atoms with Crippen LogP contribution in [0.5, 0.6) is 0 Å². The van der Waals surface area contributed by atoms with Gasteiger partial charge < -0.3 is 0 Å². The lowest BCUT2D eigenvalue weighted by Crippen LogP contribution is -2.37. The second-order valence-electron chi connectivity index (χ2n) is 6.99. The lowest BCUT2D eigenvalue weighted by atomic mass is 10.0. The molecule has 0 aromatic heterocycles. The molecule has 2 heteroatoms. The molecule has 1 rings (SSSR count). The third-order valence-corrected chi connectivity index (χ3v) is 9.10. The average molecular weight is 310 g/mol. The van der Waals surface area contributed by atoms with Gasteiger partial charge >= 0.3 is 0 Å². The molecule has 1 nitrogen and oxygen atoms in total. The predicted octanol–water partition coefficient (Wildman–Crippen LogP) is 5.63. The lowest BCUT2D eigenvalue weighted by molar-refractivity contribution is 0.211. The summed E-state index contributed by atoms with van der Waals surface area (Å²) in [6.45, 7) is 12.1. The summed E-state index contributed by atoms with van der Waals surface area (Å²) in [4.78, 5) is 2.78. The maximum atomic E-state index is 2.78. The zero-order valence-electron chi connectivity index (χ0n) is 15.2. The zero-order chi connectivity index (χ0) is 15.5. The van der Waals surface area contributed by atoms with Gasteiger partial charge in [0, 0.05) is 14.8 Å². The number of hydrogen-bond acceptors (Lipinski definition) is 1. The summed E-state index contributed by atoms with van der Waals surface area (Å²) in [6, 6.07) is 5.24. The fraction of sp³-hybridized carbons (Fsp3) is 0.895. The van der Waals surface area contributed by atoms with E-state index in [0.29, 0.717) is 6.04 Å². The van der Waals surface area contributed by atoms with Gasteiger partial charge in [-0.2, -0.15) is 0 Å². The molecule has 0 bridgehead atoms. The van der Waals surface area contributed by atoms with Crippen LogP contribution in [-0.2, 0) is 0 Å². The summed E-state index contributed by atoms with van der Waals surface area (Å²) < 4.78 is 0. The first-order valence-electron chi connectivity index (χ1n) is 9.62. The van der Waals surface area contributed by atoms with Gasteiger partial charge in [-0.1, -0.05) is 69.7 Å². The summed E-state index contributed by atoms with van der Waals surface area (Å²) in [5.41, 5.74) is 1.76. The van der Waals surface area contributed by atoms with Crippen molar-refractivity contribution in [3.63, 3.8) is 0 Å². The molecule has 0 radical (unpaired) electrons. The highest BCUT2D eigenvalue weighted by molar-refractivity contribution is 6.59. The van der Waals surface area contributed by atoms with Crippen LogP contribution >= 0.6 is 0 Å². The van der Waals surface area contributed by atoms with Gasteiger partial charge in [-0.25, -0.2) is 0 Å². The first-order valence-corrected chi connectivity index (χ1v) is 12.1. The first-order chi connectivity index (χ1) is 10.2. The Labute approximate surface area is 135 Å². The lowest BCUT2D eigenvalue weighted by Gasteiger charge is -2.33. The van der Waals surface area contributed by atoms with E-state index in [1.54, 1.807) is 5.57 Å². The van der Waals surface area contributed by atoms with Crippen LogP contribution in [0, 0.1) is 0 Å². The summed E-state index contributed by atoms with van der Waals surface area (Å²) in [5.74, 6) is 0. The van der Waals surface area contributed by atoms with Gasteiger partial charge in [-0.15, -0.1) is 0 Å². The maximum absolute atomic E-state index is 2.78. The van der Waals surface area contributed by atoms with E-state index >= 15 is 0 Å². The van der Waals surface area contributed by atoms with Crippen molar-refractivity contribution in [2.75, 3.05) is 13.1 Å². The Bertz CT molecular complexity index is 273. The highest BCUT2D eigenvalue weighted by Crippen LogP contribution is 2.23. The standard InChI is InChI=1S/C19H39NSi/c1-5-15-21(16-6-2)17-19(7-3)18(4)20-13-11-9-8-10-12-14-20/h7,18,21H,5-6,8-17H2,1-4H3. The molecular formula is C19H39NSi. The quantitative estimate of drug-likeness (QED) is 0.414. The van der Waals surface area contributed by atoms with Gasteiger partial charge in [-0.05, 0) is 45.8 Å². The van der Waals surface area contributed by atoms with Crippen LogP contribution in [0.25, 0.3) is 0 Å². The van der Waals surface area contributed by atoms with Gasteiger partial charge in [0.1, 0.15) is 0 Å².